The molecule has 25 heavy (non-hydrogen) atoms. The molecule has 1 fully saturated rings. The maximum absolute atomic E-state index is 12.5. The Labute approximate surface area is 144 Å². The van der Waals surface area contributed by atoms with E-state index in [9.17, 15) is 14.7 Å². The average molecular weight is 341 g/mol. The quantitative estimate of drug-likeness (QED) is 0.884. The summed E-state index contributed by atoms with van der Waals surface area (Å²) in [6.07, 6.45) is 3.35. The van der Waals surface area contributed by atoms with E-state index < -0.39 is 11.4 Å². The van der Waals surface area contributed by atoms with Gasteiger partial charge in [-0.3, -0.25) is 4.79 Å². The summed E-state index contributed by atoms with van der Waals surface area (Å²) in [5, 5.41) is 9.68. The van der Waals surface area contributed by atoms with Gasteiger partial charge in [0.05, 0.1) is 10.9 Å². The first-order chi connectivity index (χ1) is 12.0. The molecule has 0 radical (unpaired) electrons. The second kappa shape index (κ2) is 5.93. The van der Waals surface area contributed by atoms with Gasteiger partial charge >= 0.3 is 5.97 Å². The summed E-state index contributed by atoms with van der Waals surface area (Å²) in [5.41, 5.74) is -0.0637. The van der Waals surface area contributed by atoms with Crippen LogP contribution in [0.5, 0.6) is 5.75 Å². The summed E-state index contributed by atoms with van der Waals surface area (Å²) in [6, 6.07) is 5.18. The number of aromatic nitrogens is 1. The van der Waals surface area contributed by atoms with Crippen LogP contribution in [0.2, 0.25) is 0 Å². The zero-order valence-electron chi connectivity index (χ0n) is 13.9. The van der Waals surface area contributed by atoms with Crippen molar-refractivity contribution >= 4 is 16.9 Å². The molecule has 1 aromatic carbocycles. The SMILES string of the molecule is CN1CCN(C2=CCn3cc(C(=O)O)c(=O)c4cccc(c43)O2)CC1. The Bertz CT molecular complexity index is 939. The van der Waals surface area contributed by atoms with E-state index in [1.165, 1.54) is 6.20 Å². The van der Waals surface area contributed by atoms with E-state index in [1.54, 1.807) is 16.7 Å². The highest BCUT2D eigenvalue weighted by Gasteiger charge is 2.23. The van der Waals surface area contributed by atoms with Crippen LogP contribution in [0.4, 0.5) is 0 Å². The van der Waals surface area contributed by atoms with Crippen molar-refractivity contribution in [3.63, 3.8) is 0 Å². The number of allylic oxidation sites excluding steroid dienone is 1. The van der Waals surface area contributed by atoms with Crippen LogP contribution in [0.15, 0.2) is 41.1 Å². The van der Waals surface area contributed by atoms with Crippen LogP contribution in [-0.2, 0) is 6.54 Å². The van der Waals surface area contributed by atoms with Crippen molar-refractivity contribution in [1.29, 1.82) is 0 Å². The third kappa shape index (κ3) is 2.66. The summed E-state index contributed by atoms with van der Waals surface area (Å²) in [5.74, 6) is 0.123. The van der Waals surface area contributed by atoms with E-state index in [0.29, 0.717) is 23.2 Å². The average Bonchev–Trinajstić information content (AvgIpc) is 2.79. The molecule has 0 aliphatic carbocycles. The lowest BCUT2D eigenvalue weighted by atomic mass is 10.1. The topological polar surface area (TPSA) is 75.0 Å². The highest BCUT2D eigenvalue weighted by molar-refractivity contribution is 5.94. The van der Waals surface area contributed by atoms with E-state index in [1.807, 2.05) is 12.1 Å². The number of piperazine rings is 1. The number of pyridine rings is 1. The molecular weight excluding hydrogens is 322 g/mol. The summed E-state index contributed by atoms with van der Waals surface area (Å²) in [4.78, 5) is 28.3. The highest BCUT2D eigenvalue weighted by atomic mass is 16.5. The molecule has 1 saturated heterocycles. The van der Waals surface area contributed by atoms with Gasteiger partial charge in [-0.2, -0.15) is 0 Å². The third-order valence-electron chi connectivity index (χ3n) is 4.78. The zero-order chi connectivity index (χ0) is 17.6. The number of hydrogen-bond donors (Lipinski definition) is 1. The minimum Gasteiger partial charge on any atom is -0.477 e. The van der Waals surface area contributed by atoms with Gasteiger partial charge in [-0.1, -0.05) is 6.07 Å². The fraction of sp³-hybridized carbons (Fsp3) is 0.333. The number of carbonyl (C=O) groups is 1. The predicted molar refractivity (Wildman–Crippen MR) is 92.9 cm³/mol. The van der Waals surface area contributed by atoms with Gasteiger partial charge in [0, 0.05) is 38.9 Å². The molecular formula is C18H19N3O4. The van der Waals surface area contributed by atoms with Gasteiger partial charge in [0.1, 0.15) is 5.56 Å². The van der Waals surface area contributed by atoms with Gasteiger partial charge in [-0.05, 0) is 25.3 Å². The maximum atomic E-state index is 12.5. The van der Waals surface area contributed by atoms with Crippen molar-refractivity contribution < 1.29 is 14.6 Å². The Morgan fingerprint density at radius 1 is 1.20 bits per heavy atom. The standard InChI is InChI=1S/C18H19N3O4/c1-19-7-9-20(10-8-19)15-5-6-21-11-13(18(23)24)17(22)12-3-2-4-14(25-15)16(12)21/h2-5,11H,6-10H2,1H3,(H,23,24). The molecule has 1 N–H and O–H groups in total. The van der Waals surface area contributed by atoms with Crippen molar-refractivity contribution in [2.45, 2.75) is 6.54 Å². The van der Waals surface area contributed by atoms with Gasteiger partial charge in [0.25, 0.3) is 0 Å². The summed E-state index contributed by atoms with van der Waals surface area (Å²) < 4.78 is 7.90. The lowest BCUT2D eigenvalue weighted by Crippen LogP contribution is -2.44. The van der Waals surface area contributed by atoms with Crippen LogP contribution in [-0.4, -0.2) is 58.7 Å². The molecule has 1 aromatic heterocycles. The van der Waals surface area contributed by atoms with Crippen molar-refractivity contribution in [1.82, 2.24) is 14.4 Å². The van der Waals surface area contributed by atoms with Crippen LogP contribution in [0.25, 0.3) is 10.9 Å². The van der Waals surface area contributed by atoms with Crippen LogP contribution >= 0.6 is 0 Å². The fourth-order valence-electron chi connectivity index (χ4n) is 3.36. The first-order valence-electron chi connectivity index (χ1n) is 8.25. The Balaban J connectivity index is 1.81. The molecule has 0 saturated carbocycles. The van der Waals surface area contributed by atoms with E-state index >= 15 is 0 Å². The Morgan fingerprint density at radius 3 is 2.68 bits per heavy atom. The van der Waals surface area contributed by atoms with E-state index in [0.717, 1.165) is 32.1 Å². The number of rotatable bonds is 2. The minimum atomic E-state index is -1.21. The first kappa shape index (κ1) is 15.7. The third-order valence-corrected chi connectivity index (χ3v) is 4.78. The number of ether oxygens (including phenoxy) is 1. The molecule has 4 rings (SSSR count). The number of hydrogen-bond acceptors (Lipinski definition) is 5. The molecule has 0 spiro atoms. The molecule has 7 heteroatoms. The molecule has 0 unspecified atom stereocenters. The number of benzene rings is 1. The monoisotopic (exact) mass is 341 g/mol. The van der Waals surface area contributed by atoms with Crippen molar-refractivity contribution in [2.24, 2.45) is 0 Å². The van der Waals surface area contributed by atoms with Gasteiger partial charge in [-0.25, -0.2) is 4.79 Å². The van der Waals surface area contributed by atoms with E-state index in [4.69, 9.17) is 4.74 Å². The molecule has 3 heterocycles. The zero-order valence-corrected chi connectivity index (χ0v) is 13.9. The van der Waals surface area contributed by atoms with Crippen molar-refractivity contribution in [2.75, 3.05) is 33.2 Å². The molecule has 0 amide bonds. The molecule has 7 nitrogen and oxygen atoms in total. The van der Waals surface area contributed by atoms with E-state index in [-0.39, 0.29) is 5.56 Å². The highest BCUT2D eigenvalue weighted by Crippen LogP contribution is 2.29. The van der Waals surface area contributed by atoms with Crippen LogP contribution < -0.4 is 10.2 Å². The number of aromatic carboxylic acids is 1. The molecule has 0 bridgehead atoms. The minimum absolute atomic E-state index is 0.221. The number of likely N-dealkylation sites (N-methyl/N-ethyl adjacent to an activating group) is 1. The summed E-state index contributed by atoms with van der Waals surface area (Å²) in [7, 11) is 2.09. The van der Waals surface area contributed by atoms with Gasteiger partial charge in [0.2, 0.25) is 5.43 Å². The smallest absolute Gasteiger partial charge is 0.341 e. The fourth-order valence-corrected chi connectivity index (χ4v) is 3.36. The Morgan fingerprint density at radius 2 is 1.96 bits per heavy atom. The lowest BCUT2D eigenvalue weighted by molar-refractivity contribution is 0.0695. The largest absolute Gasteiger partial charge is 0.477 e. The predicted octanol–water partition coefficient (Wildman–Crippen LogP) is 1.18. The lowest BCUT2D eigenvalue weighted by Gasteiger charge is -2.34. The number of carboxylic acid groups (broad SMARTS) is 1. The van der Waals surface area contributed by atoms with Crippen LogP contribution in [0.3, 0.4) is 0 Å². The van der Waals surface area contributed by atoms with Gasteiger partial charge < -0.3 is 24.2 Å². The van der Waals surface area contributed by atoms with Gasteiger partial charge in [0.15, 0.2) is 11.6 Å². The van der Waals surface area contributed by atoms with Crippen LogP contribution in [0.1, 0.15) is 10.4 Å². The normalized spacial score (nSPS) is 17.8. The first-order valence-corrected chi connectivity index (χ1v) is 8.25. The molecule has 130 valence electrons. The second-order valence-electron chi connectivity index (χ2n) is 6.42. The molecule has 0 atom stereocenters. The van der Waals surface area contributed by atoms with Crippen molar-refractivity contribution in [3.8, 4) is 5.75 Å². The Kier molecular flexibility index (Phi) is 3.73. The number of para-hydroxylation sites is 1. The number of nitrogens with zero attached hydrogens (tertiary/aromatic N) is 3. The van der Waals surface area contributed by atoms with E-state index in [2.05, 4.69) is 16.8 Å². The Hall–Kier alpha value is -2.80. The molecule has 2 aromatic rings. The second-order valence-corrected chi connectivity index (χ2v) is 6.42. The van der Waals surface area contributed by atoms with Gasteiger partial charge in [-0.15, -0.1) is 0 Å². The molecule has 2 aliphatic heterocycles. The maximum Gasteiger partial charge on any atom is 0.341 e. The molecule has 2 aliphatic rings. The summed E-state index contributed by atoms with van der Waals surface area (Å²) in [6.45, 7) is 4.10. The number of carboxylic acids is 1. The van der Waals surface area contributed by atoms with Crippen LogP contribution in [0, 0.1) is 0 Å². The van der Waals surface area contributed by atoms with Crippen molar-refractivity contribution in [3.05, 3.63) is 52.1 Å². The summed E-state index contributed by atoms with van der Waals surface area (Å²) >= 11 is 0.